The van der Waals surface area contributed by atoms with Crippen LogP contribution in [0.15, 0.2) is 24.3 Å². The number of sulfonamides is 1. The van der Waals surface area contributed by atoms with Crippen LogP contribution in [0, 0.1) is 17.2 Å². The van der Waals surface area contributed by atoms with Gasteiger partial charge in [-0.3, -0.25) is 0 Å². The molecule has 0 bridgehead atoms. The fourth-order valence-electron chi connectivity index (χ4n) is 2.98. The molecule has 1 saturated heterocycles. The van der Waals surface area contributed by atoms with Crippen molar-refractivity contribution in [2.24, 2.45) is 5.92 Å². The third kappa shape index (κ3) is 4.29. The van der Waals surface area contributed by atoms with E-state index in [1.165, 1.54) is 6.26 Å². The van der Waals surface area contributed by atoms with Crippen molar-refractivity contribution in [1.82, 2.24) is 9.62 Å². The van der Waals surface area contributed by atoms with E-state index in [-0.39, 0.29) is 0 Å². The molecule has 1 aromatic carbocycles. The molecule has 0 radical (unpaired) electrons. The quantitative estimate of drug-likeness (QED) is 0.896. The van der Waals surface area contributed by atoms with Crippen LogP contribution in [0.5, 0.6) is 0 Å². The zero-order chi connectivity index (χ0) is 16.2. The molecule has 0 saturated carbocycles. The lowest BCUT2D eigenvalue weighted by molar-refractivity contribution is 0.202. The van der Waals surface area contributed by atoms with Crippen LogP contribution >= 0.6 is 0 Å². The van der Waals surface area contributed by atoms with E-state index >= 15 is 0 Å². The van der Waals surface area contributed by atoms with Gasteiger partial charge in [-0.2, -0.15) is 5.26 Å². The zero-order valence-corrected chi connectivity index (χ0v) is 13.9. The minimum atomic E-state index is -3.10. The summed E-state index contributed by atoms with van der Waals surface area (Å²) in [5, 5.41) is 12.5. The van der Waals surface area contributed by atoms with Gasteiger partial charge in [0.05, 0.1) is 17.9 Å². The van der Waals surface area contributed by atoms with Crippen LogP contribution in [0.1, 0.15) is 30.9 Å². The highest BCUT2D eigenvalue weighted by molar-refractivity contribution is 7.88. The fraction of sp³-hybridized carbons (Fsp3) is 0.562. The lowest BCUT2D eigenvalue weighted by Crippen LogP contribution is -2.50. The maximum absolute atomic E-state index is 11.7. The summed E-state index contributed by atoms with van der Waals surface area (Å²) in [6, 6.07) is 10.0. The first kappa shape index (κ1) is 16.9. The third-order valence-electron chi connectivity index (χ3n) is 4.31. The van der Waals surface area contributed by atoms with E-state index in [2.05, 4.69) is 18.3 Å². The second-order valence-electron chi connectivity index (χ2n) is 5.88. The first-order chi connectivity index (χ1) is 10.4. The van der Waals surface area contributed by atoms with E-state index in [0.29, 0.717) is 37.2 Å². The summed E-state index contributed by atoms with van der Waals surface area (Å²) in [5.41, 5.74) is 1.75. The van der Waals surface area contributed by atoms with Crippen molar-refractivity contribution < 1.29 is 8.42 Å². The second-order valence-corrected chi connectivity index (χ2v) is 7.86. The van der Waals surface area contributed by atoms with Crippen LogP contribution in [0.4, 0.5) is 0 Å². The maximum Gasteiger partial charge on any atom is 0.211 e. The van der Waals surface area contributed by atoms with Gasteiger partial charge in [0, 0.05) is 25.7 Å². The minimum Gasteiger partial charge on any atom is -0.310 e. The van der Waals surface area contributed by atoms with Crippen molar-refractivity contribution in [3.8, 4) is 6.07 Å². The van der Waals surface area contributed by atoms with Crippen LogP contribution in [-0.2, 0) is 16.6 Å². The lowest BCUT2D eigenvalue weighted by atomic mass is 9.91. The largest absolute Gasteiger partial charge is 0.310 e. The van der Waals surface area contributed by atoms with Crippen molar-refractivity contribution in [2.45, 2.75) is 32.4 Å². The number of rotatable bonds is 5. The van der Waals surface area contributed by atoms with Crippen molar-refractivity contribution in [3.63, 3.8) is 0 Å². The van der Waals surface area contributed by atoms with Gasteiger partial charge < -0.3 is 5.32 Å². The Balaban J connectivity index is 1.97. The van der Waals surface area contributed by atoms with Gasteiger partial charge in [0.15, 0.2) is 0 Å². The van der Waals surface area contributed by atoms with Gasteiger partial charge in [0.25, 0.3) is 0 Å². The Kier molecular flexibility index (Phi) is 5.57. The van der Waals surface area contributed by atoms with Gasteiger partial charge in [-0.1, -0.05) is 25.5 Å². The molecule has 0 amide bonds. The molecule has 2 unspecified atom stereocenters. The van der Waals surface area contributed by atoms with Crippen LogP contribution in [0.25, 0.3) is 0 Å². The summed E-state index contributed by atoms with van der Waals surface area (Å²) in [7, 11) is -3.10. The molecule has 5 nitrogen and oxygen atoms in total. The topological polar surface area (TPSA) is 73.2 Å². The molecule has 1 heterocycles. The first-order valence-electron chi connectivity index (χ1n) is 7.61. The third-order valence-corrected chi connectivity index (χ3v) is 5.58. The number of nitriles is 1. The highest BCUT2D eigenvalue weighted by Gasteiger charge is 2.31. The zero-order valence-electron chi connectivity index (χ0n) is 13.1. The Bertz CT molecular complexity index is 652. The van der Waals surface area contributed by atoms with Gasteiger partial charge in [0.2, 0.25) is 10.0 Å². The summed E-state index contributed by atoms with van der Waals surface area (Å²) >= 11 is 0. The standard InChI is InChI=1S/C16H23N3O2S/c1-3-15-12-19(22(2,20)21)8-7-16(15)18-11-14-6-4-5-13(9-14)10-17/h4-6,9,15-16,18H,3,7-8,11-12H2,1-2H3. The molecule has 1 aromatic rings. The predicted molar refractivity (Wildman–Crippen MR) is 86.6 cm³/mol. The van der Waals surface area contributed by atoms with Crippen LogP contribution in [0.3, 0.4) is 0 Å². The highest BCUT2D eigenvalue weighted by atomic mass is 32.2. The van der Waals surface area contributed by atoms with E-state index in [1.54, 1.807) is 10.4 Å². The smallest absolute Gasteiger partial charge is 0.211 e. The van der Waals surface area contributed by atoms with Gasteiger partial charge >= 0.3 is 0 Å². The number of benzene rings is 1. The summed E-state index contributed by atoms with van der Waals surface area (Å²) < 4.78 is 24.9. The molecule has 2 rings (SSSR count). The highest BCUT2D eigenvalue weighted by Crippen LogP contribution is 2.22. The molecule has 1 fully saturated rings. The molecule has 1 N–H and O–H groups in total. The average Bonchev–Trinajstić information content (AvgIpc) is 2.52. The van der Waals surface area contributed by atoms with Crippen LogP contribution < -0.4 is 5.32 Å². The number of nitrogens with one attached hydrogen (secondary N) is 1. The Hall–Kier alpha value is -1.42. The molecular formula is C16H23N3O2S. The Labute approximate surface area is 133 Å². The van der Waals surface area contributed by atoms with Crippen LogP contribution in [-0.4, -0.2) is 38.1 Å². The molecular weight excluding hydrogens is 298 g/mol. The van der Waals surface area contributed by atoms with Crippen molar-refractivity contribution in [2.75, 3.05) is 19.3 Å². The van der Waals surface area contributed by atoms with Gasteiger partial charge in [-0.15, -0.1) is 0 Å². The first-order valence-corrected chi connectivity index (χ1v) is 9.46. The average molecular weight is 321 g/mol. The van der Waals surface area contributed by atoms with Crippen molar-refractivity contribution in [1.29, 1.82) is 5.26 Å². The van der Waals surface area contributed by atoms with E-state index < -0.39 is 10.0 Å². The molecule has 0 aromatic heterocycles. The van der Waals surface area contributed by atoms with E-state index in [1.807, 2.05) is 18.2 Å². The summed E-state index contributed by atoms with van der Waals surface area (Å²) in [6.45, 7) is 3.97. The predicted octanol–water partition coefficient (Wildman–Crippen LogP) is 1.71. The molecule has 22 heavy (non-hydrogen) atoms. The minimum absolute atomic E-state index is 0.314. The maximum atomic E-state index is 11.7. The monoisotopic (exact) mass is 321 g/mol. The summed E-state index contributed by atoms with van der Waals surface area (Å²) in [6.07, 6.45) is 3.05. The second kappa shape index (κ2) is 7.23. The lowest BCUT2D eigenvalue weighted by Gasteiger charge is -2.37. The molecule has 2 atom stereocenters. The summed E-state index contributed by atoms with van der Waals surface area (Å²) in [5.74, 6) is 0.322. The van der Waals surface area contributed by atoms with Crippen molar-refractivity contribution >= 4 is 10.0 Å². The fourth-order valence-corrected chi connectivity index (χ4v) is 3.88. The number of hydrogen-bond donors (Lipinski definition) is 1. The number of hydrogen-bond acceptors (Lipinski definition) is 4. The van der Waals surface area contributed by atoms with E-state index in [0.717, 1.165) is 18.4 Å². The Morgan fingerprint density at radius 2 is 2.23 bits per heavy atom. The van der Waals surface area contributed by atoms with E-state index in [9.17, 15) is 8.42 Å². The molecule has 0 aliphatic carbocycles. The van der Waals surface area contributed by atoms with Crippen molar-refractivity contribution in [3.05, 3.63) is 35.4 Å². The number of nitrogens with zero attached hydrogens (tertiary/aromatic N) is 2. The normalized spacial score (nSPS) is 23.1. The van der Waals surface area contributed by atoms with E-state index in [4.69, 9.17) is 5.26 Å². The summed E-state index contributed by atoms with van der Waals surface area (Å²) in [4.78, 5) is 0. The SMILES string of the molecule is CCC1CN(S(C)(=O)=O)CCC1NCc1cccc(C#N)c1. The molecule has 1 aliphatic rings. The number of piperidine rings is 1. The Morgan fingerprint density at radius 1 is 1.45 bits per heavy atom. The molecule has 0 spiro atoms. The molecule has 1 aliphatic heterocycles. The van der Waals surface area contributed by atoms with Gasteiger partial charge in [-0.05, 0) is 30.0 Å². The van der Waals surface area contributed by atoms with Gasteiger partial charge in [0.1, 0.15) is 0 Å². The molecule has 6 heteroatoms. The van der Waals surface area contributed by atoms with Gasteiger partial charge in [-0.25, -0.2) is 12.7 Å². The Morgan fingerprint density at radius 3 is 2.86 bits per heavy atom. The van der Waals surface area contributed by atoms with Crippen LogP contribution in [0.2, 0.25) is 0 Å². The molecule has 120 valence electrons.